The average molecular weight is 320 g/mol. The van der Waals surface area contributed by atoms with Crippen LogP contribution in [0.25, 0.3) is 0 Å². The monoisotopic (exact) mass is 320 g/mol. The molecule has 0 saturated heterocycles. The van der Waals surface area contributed by atoms with Crippen LogP contribution in [0.15, 0.2) is 12.2 Å². The predicted octanol–water partition coefficient (Wildman–Crippen LogP) is 4.92. The van der Waals surface area contributed by atoms with Crippen molar-refractivity contribution in [2.45, 2.75) is 78.0 Å². The molecular weight excluding hydrogens is 287 g/mol. The summed E-state index contributed by atoms with van der Waals surface area (Å²) < 4.78 is 23.6. The van der Waals surface area contributed by atoms with Crippen molar-refractivity contribution in [2.75, 3.05) is 13.2 Å². The fourth-order valence-electron chi connectivity index (χ4n) is 2.34. The first-order valence-corrected chi connectivity index (χ1v) is 9.86. The Morgan fingerprint density at radius 3 is 2.10 bits per heavy atom. The van der Waals surface area contributed by atoms with E-state index in [-0.39, 0.29) is 0 Å². The fraction of sp³-hybridized carbons (Fsp3) is 0.875. The van der Waals surface area contributed by atoms with Crippen molar-refractivity contribution < 1.29 is 18.7 Å². The van der Waals surface area contributed by atoms with E-state index in [0.29, 0.717) is 19.6 Å². The quantitative estimate of drug-likeness (QED) is 0.297. The number of aliphatic hydroxyl groups is 1. The highest BCUT2D eigenvalue weighted by Gasteiger charge is 2.38. The number of hydrogen-bond acceptors (Lipinski definition) is 4. The molecule has 0 aromatic heterocycles. The SMILES string of the molecule is C/C=C/[C@@H]([C@@H](O)CCCCCCC)P(=O)(OCC)OCC. The van der Waals surface area contributed by atoms with Gasteiger partial charge in [-0.3, -0.25) is 4.57 Å². The molecule has 0 aromatic rings. The summed E-state index contributed by atoms with van der Waals surface area (Å²) in [5.41, 5.74) is -0.575. The van der Waals surface area contributed by atoms with Gasteiger partial charge >= 0.3 is 7.60 Å². The van der Waals surface area contributed by atoms with Gasteiger partial charge in [0.05, 0.1) is 19.3 Å². The Morgan fingerprint density at radius 2 is 1.62 bits per heavy atom. The topological polar surface area (TPSA) is 55.8 Å². The van der Waals surface area contributed by atoms with Gasteiger partial charge in [0.1, 0.15) is 5.66 Å². The van der Waals surface area contributed by atoms with Gasteiger partial charge in [0, 0.05) is 0 Å². The summed E-state index contributed by atoms with van der Waals surface area (Å²) in [6.45, 7) is 8.23. The number of hydrogen-bond donors (Lipinski definition) is 1. The summed E-state index contributed by atoms with van der Waals surface area (Å²) in [4.78, 5) is 0. The summed E-state index contributed by atoms with van der Waals surface area (Å²) in [6.07, 6.45) is 9.15. The predicted molar refractivity (Wildman–Crippen MR) is 88.8 cm³/mol. The van der Waals surface area contributed by atoms with Gasteiger partial charge in [0.2, 0.25) is 0 Å². The lowest BCUT2D eigenvalue weighted by Crippen LogP contribution is -2.26. The molecule has 2 atom stereocenters. The van der Waals surface area contributed by atoms with E-state index in [9.17, 15) is 9.67 Å². The summed E-state index contributed by atoms with van der Waals surface area (Å²) in [6, 6.07) is 0. The first-order valence-electron chi connectivity index (χ1n) is 8.25. The standard InChI is InChI=1S/C16H33O4P/c1-5-9-10-11-12-14-15(17)16(13-6-2)21(18,19-7-3)20-8-4/h6,13,15-17H,5,7-12,14H2,1-4H3/b13-6+/t15-,16-/m0/s1. The van der Waals surface area contributed by atoms with Gasteiger partial charge in [-0.05, 0) is 27.2 Å². The lowest BCUT2D eigenvalue weighted by molar-refractivity contribution is 0.140. The first kappa shape index (κ1) is 20.9. The van der Waals surface area contributed by atoms with Gasteiger partial charge in [-0.2, -0.15) is 0 Å². The summed E-state index contributed by atoms with van der Waals surface area (Å²) in [5, 5.41) is 10.4. The molecule has 0 radical (unpaired) electrons. The van der Waals surface area contributed by atoms with E-state index in [4.69, 9.17) is 9.05 Å². The minimum Gasteiger partial charge on any atom is -0.392 e. The molecule has 0 rings (SSSR count). The molecule has 0 aliphatic rings. The maximum atomic E-state index is 12.8. The van der Waals surface area contributed by atoms with Gasteiger partial charge in [-0.1, -0.05) is 51.2 Å². The normalized spacial score (nSPS) is 15.5. The third kappa shape index (κ3) is 8.15. The molecule has 0 fully saturated rings. The molecule has 0 unspecified atom stereocenters. The minimum absolute atomic E-state index is 0.314. The van der Waals surface area contributed by atoms with Crippen LogP contribution >= 0.6 is 7.60 Å². The Morgan fingerprint density at radius 1 is 1.05 bits per heavy atom. The molecule has 0 spiro atoms. The molecule has 0 aliphatic carbocycles. The van der Waals surface area contributed by atoms with E-state index in [1.807, 2.05) is 6.92 Å². The summed E-state index contributed by atoms with van der Waals surface area (Å²) in [5.74, 6) is 0. The smallest absolute Gasteiger partial charge is 0.340 e. The van der Waals surface area contributed by atoms with Crippen molar-refractivity contribution in [3.05, 3.63) is 12.2 Å². The van der Waals surface area contributed by atoms with Crippen molar-refractivity contribution in [3.8, 4) is 0 Å². The maximum absolute atomic E-state index is 12.8. The molecule has 1 N–H and O–H groups in total. The van der Waals surface area contributed by atoms with Crippen molar-refractivity contribution in [3.63, 3.8) is 0 Å². The van der Waals surface area contributed by atoms with Gasteiger partial charge in [-0.25, -0.2) is 0 Å². The lowest BCUT2D eigenvalue weighted by Gasteiger charge is -2.27. The van der Waals surface area contributed by atoms with Crippen LogP contribution in [0.1, 0.15) is 66.2 Å². The van der Waals surface area contributed by atoms with Crippen molar-refractivity contribution in [1.29, 1.82) is 0 Å². The molecule has 0 saturated carbocycles. The van der Waals surface area contributed by atoms with Gasteiger partial charge in [0.15, 0.2) is 0 Å². The number of aliphatic hydroxyl groups excluding tert-OH is 1. The zero-order valence-electron chi connectivity index (χ0n) is 14.1. The van der Waals surface area contributed by atoms with Crippen LogP contribution in [-0.4, -0.2) is 30.1 Å². The van der Waals surface area contributed by atoms with Crippen molar-refractivity contribution in [1.82, 2.24) is 0 Å². The molecule has 21 heavy (non-hydrogen) atoms. The van der Waals surface area contributed by atoms with Crippen molar-refractivity contribution in [2.24, 2.45) is 0 Å². The molecule has 0 amide bonds. The summed E-state index contributed by atoms with van der Waals surface area (Å²) >= 11 is 0. The molecule has 0 bridgehead atoms. The molecule has 4 nitrogen and oxygen atoms in total. The minimum atomic E-state index is -3.30. The Hall–Kier alpha value is -0.150. The molecule has 0 aliphatic heterocycles. The van der Waals surface area contributed by atoms with E-state index >= 15 is 0 Å². The van der Waals surface area contributed by atoms with Gasteiger partial charge in [-0.15, -0.1) is 0 Å². The van der Waals surface area contributed by atoms with Gasteiger partial charge < -0.3 is 14.2 Å². The van der Waals surface area contributed by atoms with E-state index in [1.54, 1.807) is 26.0 Å². The molecule has 5 heteroatoms. The molecule has 126 valence electrons. The van der Waals surface area contributed by atoms with Crippen molar-refractivity contribution >= 4 is 7.60 Å². The average Bonchev–Trinajstić information content (AvgIpc) is 2.44. The zero-order valence-corrected chi connectivity index (χ0v) is 15.0. The highest BCUT2D eigenvalue weighted by Crippen LogP contribution is 2.55. The Bertz CT molecular complexity index is 307. The van der Waals surface area contributed by atoms with Crippen LogP contribution in [0.5, 0.6) is 0 Å². The second-order valence-corrected chi connectivity index (χ2v) is 7.35. The highest BCUT2D eigenvalue weighted by atomic mass is 31.2. The van der Waals surface area contributed by atoms with E-state index in [1.165, 1.54) is 19.3 Å². The molecule has 0 heterocycles. The second-order valence-electron chi connectivity index (χ2n) is 5.16. The van der Waals surface area contributed by atoms with Crippen LogP contribution in [0.4, 0.5) is 0 Å². The number of allylic oxidation sites excluding steroid dienone is 1. The summed E-state index contributed by atoms with van der Waals surface area (Å²) in [7, 11) is -3.30. The third-order valence-corrected chi connectivity index (χ3v) is 5.85. The highest BCUT2D eigenvalue weighted by molar-refractivity contribution is 7.55. The van der Waals surface area contributed by atoms with Crippen LogP contribution in [-0.2, 0) is 13.6 Å². The Kier molecular flexibility index (Phi) is 12.3. The van der Waals surface area contributed by atoms with Crippen LogP contribution in [0.3, 0.4) is 0 Å². The van der Waals surface area contributed by atoms with Gasteiger partial charge in [0.25, 0.3) is 0 Å². The van der Waals surface area contributed by atoms with Crippen LogP contribution < -0.4 is 0 Å². The molecule has 0 aromatic carbocycles. The van der Waals surface area contributed by atoms with Crippen LogP contribution in [0, 0.1) is 0 Å². The lowest BCUT2D eigenvalue weighted by atomic mass is 10.1. The third-order valence-electron chi connectivity index (χ3n) is 3.37. The zero-order chi connectivity index (χ0) is 16.1. The fourth-order valence-corrected chi connectivity index (χ4v) is 4.43. The van der Waals surface area contributed by atoms with E-state index < -0.39 is 19.4 Å². The Balaban J connectivity index is 4.65. The second kappa shape index (κ2) is 12.4. The Labute approximate surface area is 130 Å². The number of rotatable bonds is 13. The largest absolute Gasteiger partial charge is 0.392 e. The first-order chi connectivity index (χ1) is 10.1. The van der Waals surface area contributed by atoms with Crippen LogP contribution in [0.2, 0.25) is 0 Å². The number of unbranched alkanes of at least 4 members (excludes halogenated alkanes) is 4. The van der Waals surface area contributed by atoms with E-state index in [0.717, 1.165) is 12.8 Å². The maximum Gasteiger partial charge on any atom is 0.340 e. The van der Waals surface area contributed by atoms with E-state index in [2.05, 4.69) is 6.92 Å². The molecular formula is C16H33O4P.